The molecule has 1 aromatic heterocycles. The van der Waals surface area contributed by atoms with Gasteiger partial charge in [-0.1, -0.05) is 12.1 Å². The maximum atomic E-state index is 12.7. The number of amides is 2. The number of aromatic nitrogens is 2. The van der Waals surface area contributed by atoms with Gasteiger partial charge < -0.3 is 25.3 Å². The van der Waals surface area contributed by atoms with Crippen LogP contribution in [0.4, 0.5) is 17.1 Å². The quantitative estimate of drug-likeness (QED) is 0.417. The third-order valence-electron chi connectivity index (χ3n) is 5.73. The number of hydrogen-bond donors (Lipinski definition) is 3. The van der Waals surface area contributed by atoms with Crippen molar-refractivity contribution in [2.75, 3.05) is 41.8 Å². The summed E-state index contributed by atoms with van der Waals surface area (Å²) < 4.78 is 5.40. The number of anilines is 3. The van der Waals surface area contributed by atoms with Crippen molar-refractivity contribution in [1.82, 2.24) is 9.97 Å². The number of carbonyl (C=O) groups excluding carboxylic acids is 2. The Balaban J connectivity index is 1.26. The molecule has 1 aliphatic rings. The van der Waals surface area contributed by atoms with Gasteiger partial charge >= 0.3 is 0 Å². The molecule has 2 amide bonds. The average Bonchev–Trinajstić information content (AvgIpc) is 3.28. The smallest absolute Gasteiger partial charge is 0.255 e. The van der Waals surface area contributed by atoms with E-state index in [1.807, 2.05) is 54.6 Å². The Bertz CT molecular complexity index is 1320. The normalized spacial score (nSPS) is 13.6. The molecule has 0 radical (unpaired) electrons. The van der Waals surface area contributed by atoms with E-state index >= 15 is 0 Å². The SMILES string of the molecule is CC(=O)Nc1ccc2[nH]c(-c3ccc(C(=O)Nc4ccc(N5CCOCC5)cc4)cc3)nc2c1. The number of rotatable bonds is 5. The summed E-state index contributed by atoms with van der Waals surface area (Å²) in [5.41, 5.74) is 5.62. The molecule has 3 aromatic carbocycles. The molecule has 2 heterocycles. The molecular weight excluding hydrogens is 430 g/mol. The van der Waals surface area contributed by atoms with Gasteiger partial charge in [-0.2, -0.15) is 0 Å². The number of carbonyl (C=O) groups is 2. The molecule has 1 saturated heterocycles. The van der Waals surface area contributed by atoms with E-state index in [1.54, 1.807) is 12.1 Å². The summed E-state index contributed by atoms with van der Waals surface area (Å²) in [6, 6.07) is 20.7. The highest BCUT2D eigenvalue weighted by Crippen LogP contribution is 2.24. The first kappa shape index (κ1) is 21.7. The van der Waals surface area contributed by atoms with Gasteiger partial charge in [0.05, 0.1) is 24.2 Å². The highest BCUT2D eigenvalue weighted by molar-refractivity contribution is 6.04. The Labute approximate surface area is 197 Å². The zero-order chi connectivity index (χ0) is 23.5. The van der Waals surface area contributed by atoms with E-state index in [4.69, 9.17) is 4.74 Å². The van der Waals surface area contributed by atoms with Crippen LogP contribution in [0.2, 0.25) is 0 Å². The van der Waals surface area contributed by atoms with Gasteiger partial charge in [0.25, 0.3) is 5.91 Å². The molecule has 8 heteroatoms. The van der Waals surface area contributed by atoms with Crippen molar-refractivity contribution in [2.24, 2.45) is 0 Å². The van der Waals surface area contributed by atoms with E-state index in [0.29, 0.717) is 17.1 Å². The van der Waals surface area contributed by atoms with Crippen molar-refractivity contribution in [3.63, 3.8) is 0 Å². The van der Waals surface area contributed by atoms with Crippen LogP contribution in [0.5, 0.6) is 0 Å². The van der Waals surface area contributed by atoms with Crippen LogP contribution in [0, 0.1) is 0 Å². The zero-order valence-corrected chi connectivity index (χ0v) is 18.8. The second kappa shape index (κ2) is 9.36. The fraction of sp³-hybridized carbons (Fsp3) is 0.192. The lowest BCUT2D eigenvalue weighted by molar-refractivity contribution is -0.114. The number of fused-ring (bicyclic) bond motifs is 1. The van der Waals surface area contributed by atoms with Gasteiger partial charge in [-0.05, 0) is 54.6 Å². The molecule has 1 aliphatic heterocycles. The van der Waals surface area contributed by atoms with Gasteiger partial charge in [0.1, 0.15) is 5.82 Å². The van der Waals surface area contributed by atoms with Crippen molar-refractivity contribution < 1.29 is 14.3 Å². The summed E-state index contributed by atoms with van der Waals surface area (Å²) in [5, 5.41) is 5.71. The molecule has 3 N–H and O–H groups in total. The molecule has 0 saturated carbocycles. The number of nitrogens with one attached hydrogen (secondary N) is 3. The number of imidazole rings is 1. The maximum Gasteiger partial charge on any atom is 0.255 e. The topological polar surface area (TPSA) is 99.3 Å². The monoisotopic (exact) mass is 455 g/mol. The first-order valence-electron chi connectivity index (χ1n) is 11.2. The molecule has 0 unspecified atom stereocenters. The van der Waals surface area contributed by atoms with Crippen molar-refractivity contribution in [2.45, 2.75) is 6.92 Å². The van der Waals surface area contributed by atoms with Crippen LogP contribution in [-0.4, -0.2) is 48.1 Å². The number of benzene rings is 3. The number of morpholine rings is 1. The molecule has 0 bridgehead atoms. The van der Waals surface area contributed by atoms with Crippen LogP contribution in [0.15, 0.2) is 66.7 Å². The predicted molar refractivity (Wildman–Crippen MR) is 133 cm³/mol. The third-order valence-corrected chi connectivity index (χ3v) is 5.73. The largest absolute Gasteiger partial charge is 0.378 e. The number of H-pyrrole nitrogens is 1. The van der Waals surface area contributed by atoms with E-state index in [1.165, 1.54) is 6.92 Å². The number of nitrogens with zero attached hydrogens (tertiary/aromatic N) is 2. The summed E-state index contributed by atoms with van der Waals surface area (Å²) in [7, 11) is 0. The van der Waals surface area contributed by atoms with E-state index in [-0.39, 0.29) is 11.8 Å². The van der Waals surface area contributed by atoms with Gasteiger partial charge in [-0.25, -0.2) is 4.98 Å². The molecule has 0 spiro atoms. The Morgan fingerprint density at radius 2 is 1.62 bits per heavy atom. The number of hydrogen-bond acceptors (Lipinski definition) is 5. The van der Waals surface area contributed by atoms with Crippen molar-refractivity contribution >= 4 is 39.9 Å². The van der Waals surface area contributed by atoms with Crippen LogP contribution in [0.1, 0.15) is 17.3 Å². The molecule has 172 valence electrons. The molecule has 1 fully saturated rings. The lowest BCUT2D eigenvalue weighted by Crippen LogP contribution is -2.36. The minimum atomic E-state index is -0.171. The maximum absolute atomic E-state index is 12.7. The molecule has 0 atom stereocenters. The minimum Gasteiger partial charge on any atom is -0.378 e. The van der Waals surface area contributed by atoms with Gasteiger partial charge in [0.15, 0.2) is 0 Å². The lowest BCUT2D eigenvalue weighted by Gasteiger charge is -2.28. The van der Waals surface area contributed by atoms with E-state index in [9.17, 15) is 9.59 Å². The van der Waals surface area contributed by atoms with Crippen LogP contribution in [-0.2, 0) is 9.53 Å². The highest BCUT2D eigenvalue weighted by atomic mass is 16.5. The molecule has 0 aliphatic carbocycles. The Morgan fingerprint density at radius 3 is 2.32 bits per heavy atom. The summed E-state index contributed by atoms with van der Waals surface area (Å²) in [6.45, 7) is 4.69. The van der Waals surface area contributed by atoms with Gasteiger partial charge in [-0.15, -0.1) is 0 Å². The Hall–Kier alpha value is -4.17. The Morgan fingerprint density at radius 1 is 0.912 bits per heavy atom. The molecule has 34 heavy (non-hydrogen) atoms. The van der Waals surface area contributed by atoms with Gasteiger partial charge in [0.2, 0.25) is 5.91 Å². The fourth-order valence-corrected chi connectivity index (χ4v) is 3.98. The first-order valence-corrected chi connectivity index (χ1v) is 11.2. The average molecular weight is 456 g/mol. The third kappa shape index (κ3) is 4.77. The number of ether oxygens (including phenoxy) is 1. The molecule has 8 nitrogen and oxygen atoms in total. The van der Waals surface area contributed by atoms with E-state index < -0.39 is 0 Å². The first-order chi connectivity index (χ1) is 16.5. The van der Waals surface area contributed by atoms with Crippen LogP contribution >= 0.6 is 0 Å². The summed E-state index contributed by atoms with van der Waals surface area (Å²) in [5.74, 6) is 0.396. The lowest BCUT2D eigenvalue weighted by atomic mass is 10.1. The highest BCUT2D eigenvalue weighted by Gasteiger charge is 2.12. The standard InChI is InChI=1S/C26H25N5O3/c1-17(32)27-21-8-11-23-24(16-21)30-25(29-23)18-2-4-19(5-3-18)26(33)28-20-6-9-22(10-7-20)31-12-14-34-15-13-31/h2-11,16H,12-15H2,1H3,(H,27,32)(H,28,33)(H,29,30). The predicted octanol–water partition coefficient (Wildman–Crippen LogP) is 4.28. The molecule has 4 aromatic rings. The van der Waals surface area contributed by atoms with Crippen LogP contribution in [0.3, 0.4) is 0 Å². The van der Waals surface area contributed by atoms with Crippen LogP contribution < -0.4 is 15.5 Å². The Kier molecular flexibility index (Phi) is 5.97. The zero-order valence-electron chi connectivity index (χ0n) is 18.8. The second-order valence-electron chi connectivity index (χ2n) is 8.18. The van der Waals surface area contributed by atoms with E-state index in [0.717, 1.165) is 54.3 Å². The molecular formula is C26H25N5O3. The van der Waals surface area contributed by atoms with Crippen molar-refractivity contribution in [3.05, 3.63) is 72.3 Å². The van der Waals surface area contributed by atoms with Gasteiger partial charge in [0, 0.05) is 48.2 Å². The van der Waals surface area contributed by atoms with Crippen molar-refractivity contribution in [3.8, 4) is 11.4 Å². The van der Waals surface area contributed by atoms with Crippen LogP contribution in [0.25, 0.3) is 22.4 Å². The summed E-state index contributed by atoms with van der Waals surface area (Å²) in [6.07, 6.45) is 0. The van der Waals surface area contributed by atoms with Gasteiger partial charge in [-0.3, -0.25) is 9.59 Å². The van der Waals surface area contributed by atoms with Crippen molar-refractivity contribution in [1.29, 1.82) is 0 Å². The summed E-state index contributed by atoms with van der Waals surface area (Å²) in [4.78, 5) is 34.2. The van der Waals surface area contributed by atoms with E-state index in [2.05, 4.69) is 25.5 Å². The molecule has 5 rings (SSSR count). The number of aromatic amines is 1. The minimum absolute atomic E-state index is 0.128. The summed E-state index contributed by atoms with van der Waals surface area (Å²) >= 11 is 0. The fourth-order valence-electron chi connectivity index (χ4n) is 3.98. The second-order valence-corrected chi connectivity index (χ2v) is 8.18.